The van der Waals surface area contributed by atoms with Crippen molar-refractivity contribution >= 4 is 13.7 Å². The van der Waals surface area contributed by atoms with Crippen LogP contribution in [0.25, 0.3) is 0 Å². The largest absolute Gasteiger partial charge is 0.756 e. The van der Waals surface area contributed by atoms with E-state index in [1.807, 2.05) is 21.1 Å². The smallest absolute Gasteiger partial charge is 0.268 e. The first kappa shape index (κ1) is 70.5. The first-order chi connectivity index (χ1) is 35.0. The van der Waals surface area contributed by atoms with E-state index in [9.17, 15) is 19.4 Å². The molecule has 0 aliphatic carbocycles. The van der Waals surface area contributed by atoms with Crippen LogP contribution in [0.15, 0.2) is 48.6 Å². The Hall–Kier alpha value is -1.54. The van der Waals surface area contributed by atoms with Crippen LogP contribution in [-0.4, -0.2) is 68.5 Å². The summed E-state index contributed by atoms with van der Waals surface area (Å²) in [7, 11) is 1.31. The molecule has 3 unspecified atom stereocenters. The minimum atomic E-state index is -4.58. The van der Waals surface area contributed by atoms with Gasteiger partial charge in [0.15, 0.2) is 0 Å². The van der Waals surface area contributed by atoms with Gasteiger partial charge in [-0.15, -0.1) is 0 Å². The molecule has 0 aromatic heterocycles. The van der Waals surface area contributed by atoms with Crippen LogP contribution < -0.4 is 10.2 Å². The standard InChI is InChI=1S/C63H121N2O6P/c1-6-8-10-12-14-16-18-20-22-24-26-28-30-31-32-33-35-37-39-41-43-45-47-49-51-53-55-57-63(67)64-61(60-71-72(68,69)70-59-58-65(3,4)5)62(66)56-54-52-50-48-46-44-42-40-38-36-34-29-27-25-23-21-19-17-15-13-11-9-7-2/h8,10,14,16,20,22,26,28,61-62,66H,6-7,9,11-13,15,17-19,21,23-25,27,29-60H2,1-5H3,(H-,64,67,68,69)/b10-8-,16-14-,22-20-,28-26-. The second-order valence-corrected chi connectivity index (χ2v) is 23.8. The van der Waals surface area contributed by atoms with Crippen molar-refractivity contribution in [1.82, 2.24) is 5.32 Å². The molecule has 0 aromatic rings. The van der Waals surface area contributed by atoms with E-state index >= 15 is 0 Å². The fourth-order valence-corrected chi connectivity index (χ4v) is 9.99. The number of carbonyl (C=O) groups excluding carboxylic acids is 1. The molecule has 424 valence electrons. The van der Waals surface area contributed by atoms with Gasteiger partial charge in [0.25, 0.3) is 7.82 Å². The van der Waals surface area contributed by atoms with Gasteiger partial charge < -0.3 is 28.8 Å². The average Bonchev–Trinajstić information content (AvgIpc) is 3.34. The van der Waals surface area contributed by atoms with Gasteiger partial charge in [0.05, 0.1) is 39.9 Å². The number of nitrogens with one attached hydrogen (secondary N) is 1. The van der Waals surface area contributed by atoms with Gasteiger partial charge in [-0.2, -0.15) is 0 Å². The molecule has 0 rings (SSSR count). The lowest BCUT2D eigenvalue weighted by Crippen LogP contribution is -2.46. The van der Waals surface area contributed by atoms with Gasteiger partial charge in [-0.3, -0.25) is 9.36 Å². The Morgan fingerprint density at radius 2 is 0.847 bits per heavy atom. The molecule has 9 heteroatoms. The van der Waals surface area contributed by atoms with Gasteiger partial charge in [-0.1, -0.05) is 287 Å². The van der Waals surface area contributed by atoms with Crippen LogP contribution in [0.4, 0.5) is 0 Å². The van der Waals surface area contributed by atoms with Crippen molar-refractivity contribution in [1.29, 1.82) is 0 Å². The first-order valence-electron chi connectivity index (χ1n) is 31.0. The zero-order valence-electron chi connectivity index (χ0n) is 48.4. The number of aliphatic hydroxyl groups excluding tert-OH is 1. The first-order valence-corrected chi connectivity index (χ1v) is 32.4. The second kappa shape index (κ2) is 54.3. The highest BCUT2D eigenvalue weighted by Gasteiger charge is 2.24. The molecule has 0 radical (unpaired) electrons. The monoisotopic (exact) mass is 1030 g/mol. The summed E-state index contributed by atoms with van der Waals surface area (Å²) in [6.07, 6.45) is 71.5. The number of phosphoric ester groups is 1. The molecule has 0 bridgehead atoms. The van der Waals surface area contributed by atoms with Gasteiger partial charge in [-0.25, -0.2) is 0 Å². The van der Waals surface area contributed by atoms with Crippen LogP contribution in [0.3, 0.4) is 0 Å². The summed E-state index contributed by atoms with van der Waals surface area (Å²) in [6, 6.07) is -0.803. The molecule has 0 fully saturated rings. The number of hydrogen-bond donors (Lipinski definition) is 2. The minimum absolute atomic E-state index is 0.0122. The molecular formula is C63H121N2O6P. The van der Waals surface area contributed by atoms with E-state index in [1.54, 1.807) is 0 Å². The van der Waals surface area contributed by atoms with E-state index in [4.69, 9.17) is 9.05 Å². The van der Waals surface area contributed by atoms with Crippen LogP contribution in [0.5, 0.6) is 0 Å². The molecule has 8 nitrogen and oxygen atoms in total. The highest BCUT2D eigenvalue weighted by atomic mass is 31.2. The number of nitrogens with zero attached hydrogens (tertiary/aromatic N) is 1. The number of carbonyl (C=O) groups is 1. The van der Waals surface area contributed by atoms with Crippen LogP contribution in [-0.2, 0) is 18.4 Å². The zero-order valence-corrected chi connectivity index (χ0v) is 49.3. The Balaban J connectivity index is 4.11. The Morgan fingerprint density at radius 1 is 0.500 bits per heavy atom. The molecule has 0 aliphatic heterocycles. The van der Waals surface area contributed by atoms with Crippen molar-refractivity contribution < 1.29 is 32.9 Å². The van der Waals surface area contributed by atoms with Crippen molar-refractivity contribution in [2.45, 2.75) is 309 Å². The van der Waals surface area contributed by atoms with Gasteiger partial charge >= 0.3 is 0 Å². The Morgan fingerprint density at radius 3 is 1.24 bits per heavy atom. The number of aliphatic hydroxyl groups is 1. The second-order valence-electron chi connectivity index (χ2n) is 22.4. The maximum absolute atomic E-state index is 13.0. The number of hydrogen-bond acceptors (Lipinski definition) is 6. The lowest BCUT2D eigenvalue weighted by Gasteiger charge is -2.30. The molecule has 3 atom stereocenters. The number of amides is 1. The number of likely N-dealkylation sites (N-methyl/N-ethyl adjacent to an activating group) is 1. The van der Waals surface area contributed by atoms with E-state index in [-0.39, 0.29) is 19.1 Å². The summed E-state index contributed by atoms with van der Waals surface area (Å²) < 4.78 is 23.5. The molecule has 0 saturated carbocycles. The zero-order chi connectivity index (χ0) is 52.7. The van der Waals surface area contributed by atoms with Crippen molar-refractivity contribution in [3.8, 4) is 0 Å². The number of phosphoric acid groups is 1. The van der Waals surface area contributed by atoms with Crippen LogP contribution >= 0.6 is 7.82 Å². The third-order valence-corrected chi connectivity index (χ3v) is 15.0. The third kappa shape index (κ3) is 56.2. The predicted octanol–water partition coefficient (Wildman–Crippen LogP) is 18.5. The van der Waals surface area contributed by atoms with E-state index in [0.717, 1.165) is 64.2 Å². The number of allylic oxidation sites excluding steroid dienone is 8. The fraction of sp³-hybridized carbons (Fsp3) is 0.857. The van der Waals surface area contributed by atoms with Crippen molar-refractivity contribution in [2.75, 3.05) is 40.9 Å². The molecule has 72 heavy (non-hydrogen) atoms. The maximum atomic E-state index is 13.0. The van der Waals surface area contributed by atoms with Gasteiger partial charge in [0.2, 0.25) is 5.91 Å². The normalized spacial score (nSPS) is 14.2. The lowest BCUT2D eigenvalue weighted by atomic mass is 10.0. The summed E-state index contributed by atoms with van der Waals surface area (Å²) in [5.41, 5.74) is 0. The quantitative estimate of drug-likeness (QED) is 0.0272. The van der Waals surface area contributed by atoms with Crippen molar-refractivity contribution in [3.05, 3.63) is 48.6 Å². The Bertz CT molecular complexity index is 1310. The van der Waals surface area contributed by atoms with Crippen LogP contribution in [0.1, 0.15) is 296 Å². The summed E-state index contributed by atoms with van der Waals surface area (Å²) in [4.78, 5) is 25.6. The highest BCUT2D eigenvalue weighted by molar-refractivity contribution is 7.45. The minimum Gasteiger partial charge on any atom is -0.756 e. The summed E-state index contributed by atoms with van der Waals surface area (Å²) in [5, 5.41) is 14.1. The average molecular weight is 1030 g/mol. The highest BCUT2D eigenvalue weighted by Crippen LogP contribution is 2.38. The van der Waals surface area contributed by atoms with Crippen molar-refractivity contribution in [2.24, 2.45) is 0 Å². The van der Waals surface area contributed by atoms with E-state index in [1.165, 1.54) is 205 Å². The van der Waals surface area contributed by atoms with Gasteiger partial charge in [0.1, 0.15) is 13.2 Å². The Labute approximate surface area is 448 Å². The Kier molecular flexibility index (Phi) is 53.1. The van der Waals surface area contributed by atoms with E-state index in [2.05, 4.69) is 67.8 Å². The predicted molar refractivity (Wildman–Crippen MR) is 311 cm³/mol. The van der Waals surface area contributed by atoms with E-state index in [0.29, 0.717) is 23.9 Å². The van der Waals surface area contributed by atoms with Crippen LogP contribution in [0.2, 0.25) is 0 Å². The lowest BCUT2D eigenvalue weighted by molar-refractivity contribution is -0.870. The van der Waals surface area contributed by atoms with Crippen molar-refractivity contribution in [3.63, 3.8) is 0 Å². The summed E-state index contributed by atoms with van der Waals surface area (Å²) in [5.74, 6) is -0.162. The fourth-order valence-electron chi connectivity index (χ4n) is 9.27. The topological polar surface area (TPSA) is 108 Å². The summed E-state index contributed by atoms with van der Waals surface area (Å²) in [6.45, 7) is 4.65. The molecule has 0 aliphatic rings. The molecule has 0 spiro atoms. The molecule has 0 heterocycles. The van der Waals surface area contributed by atoms with Crippen LogP contribution in [0, 0.1) is 0 Å². The molecule has 1 amide bonds. The maximum Gasteiger partial charge on any atom is 0.268 e. The number of quaternary nitrogens is 1. The molecule has 0 saturated heterocycles. The number of rotatable bonds is 57. The molecule has 2 N–H and O–H groups in total. The van der Waals surface area contributed by atoms with E-state index < -0.39 is 20.0 Å². The summed E-state index contributed by atoms with van der Waals surface area (Å²) >= 11 is 0. The SMILES string of the molecule is CC/C=C\C/C=C\C/C=C\C/C=C\CCCCCCCCCCCCCCCCC(=O)NC(COP(=O)([O-])OCC[N+](C)(C)C)C(O)CCCCCCCCCCCCCCCCCCCCCCCCC. The third-order valence-electron chi connectivity index (χ3n) is 14.1. The molecular weight excluding hydrogens is 912 g/mol. The molecule has 0 aromatic carbocycles. The van der Waals surface area contributed by atoms with Gasteiger partial charge in [-0.05, 0) is 51.4 Å². The number of unbranched alkanes of at least 4 members (excludes halogenated alkanes) is 36. The van der Waals surface area contributed by atoms with Gasteiger partial charge in [0, 0.05) is 6.42 Å².